The highest BCUT2D eigenvalue weighted by Gasteiger charge is 2.25. The van der Waals surface area contributed by atoms with Crippen molar-refractivity contribution in [3.05, 3.63) is 41.2 Å². The van der Waals surface area contributed by atoms with Crippen molar-refractivity contribution in [3.63, 3.8) is 0 Å². The van der Waals surface area contributed by atoms with Crippen LogP contribution in [0.1, 0.15) is 35.6 Å². The number of phenols is 1. The second-order valence-electron chi connectivity index (χ2n) is 6.72. The lowest BCUT2D eigenvalue weighted by atomic mass is 10.1. The maximum absolute atomic E-state index is 10.7. The van der Waals surface area contributed by atoms with Gasteiger partial charge in [-0.2, -0.15) is 5.11 Å². The predicted molar refractivity (Wildman–Crippen MR) is 105 cm³/mol. The predicted octanol–water partition coefficient (Wildman–Crippen LogP) is 3.88. The second kappa shape index (κ2) is 7.25. The van der Waals surface area contributed by atoms with Crippen molar-refractivity contribution in [2.24, 2.45) is 10.2 Å². The zero-order valence-electron chi connectivity index (χ0n) is 17.7. The molecule has 1 fully saturated rings. The van der Waals surface area contributed by atoms with Crippen LogP contribution in [0.4, 0.5) is 0 Å². The number of hydrogen-bond acceptors (Lipinski definition) is 7. The molecule has 0 spiro atoms. The minimum Gasteiger partial charge on any atom is -0.507 e. The number of likely N-dealkylation sites (N-methyl/N-ethyl adjacent to an activating group) is 1. The van der Waals surface area contributed by atoms with Gasteiger partial charge >= 0.3 is 0 Å². The number of azo groups is 1. The molecule has 3 heterocycles. The van der Waals surface area contributed by atoms with Gasteiger partial charge in [0, 0.05) is 45.5 Å². The van der Waals surface area contributed by atoms with E-state index in [4.69, 9.17) is 4.11 Å². The van der Waals surface area contributed by atoms with Crippen molar-refractivity contribution in [1.82, 2.24) is 15.1 Å². The summed E-state index contributed by atoms with van der Waals surface area (Å²) in [7, 11) is 0. The summed E-state index contributed by atoms with van der Waals surface area (Å²) in [5.41, 5.74) is 0.431. The molecule has 6 nitrogen and oxygen atoms in total. The molecule has 0 radical (unpaired) electrons. The van der Waals surface area contributed by atoms with E-state index in [9.17, 15) is 5.11 Å². The first-order chi connectivity index (χ1) is 13.9. The quantitative estimate of drug-likeness (QED) is 0.853. The van der Waals surface area contributed by atoms with E-state index < -0.39 is 13.1 Å². The topological polar surface area (TPSA) is 63.5 Å². The fourth-order valence-electron chi connectivity index (χ4n) is 3.60. The fourth-order valence-corrected chi connectivity index (χ4v) is 4.39. The summed E-state index contributed by atoms with van der Waals surface area (Å²) < 4.78 is 24.9. The monoisotopic (exact) mass is 374 g/mol. The lowest BCUT2D eigenvalue weighted by Gasteiger charge is -2.34. The summed E-state index contributed by atoms with van der Waals surface area (Å²) in [6.07, 6.45) is 2.70. The summed E-state index contributed by atoms with van der Waals surface area (Å²) in [6, 6.07) is 5.63. The molecule has 0 saturated carbocycles. The van der Waals surface area contributed by atoms with Gasteiger partial charge in [-0.1, -0.05) is 6.92 Å². The molecule has 1 unspecified atom stereocenters. The van der Waals surface area contributed by atoms with E-state index in [1.165, 1.54) is 22.4 Å². The number of likely N-dealkylation sites (tertiary alicyclic amines) is 1. The normalized spacial score (nSPS) is 26.3. The Kier molecular flexibility index (Phi) is 3.90. The van der Waals surface area contributed by atoms with Crippen LogP contribution in [0.3, 0.4) is 0 Å². The van der Waals surface area contributed by atoms with Crippen LogP contribution in [0.25, 0.3) is 10.1 Å². The highest BCUT2D eigenvalue weighted by Crippen LogP contribution is 2.38. The largest absolute Gasteiger partial charge is 0.507 e. The van der Waals surface area contributed by atoms with Crippen molar-refractivity contribution >= 4 is 21.4 Å². The molecule has 2 N–H and O–H groups in total. The van der Waals surface area contributed by atoms with Crippen LogP contribution in [0.5, 0.6) is 5.75 Å². The van der Waals surface area contributed by atoms with Crippen LogP contribution in [0.15, 0.2) is 45.8 Å². The number of fused-ring (bicyclic) bond motifs is 1. The van der Waals surface area contributed by atoms with Gasteiger partial charge in [-0.3, -0.25) is 0 Å². The molecular weight excluding hydrogens is 346 g/mol. The Morgan fingerprint density at radius 3 is 3.19 bits per heavy atom. The van der Waals surface area contributed by atoms with E-state index in [0.29, 0.717) is 16.8 Å². The molecule has 7 heteroatoms. The zero-order chi connectivity index (χ0) is 20.6. The summed E-state index contributed by atoms with van der Waals surface area (Å²) in [5, 5.41) is 25.2. The second-order valence-corrected chi connectivity index (χ2v) is 7.67. The molecular formula is C19H25N5OS. The summed E-state index contributed by atoms with van der Waals surface area (Å²) in [5.74, 6) is 0.494. The minimum atomic E-state index is -2.42. The molecule has 4 rings (SSSR count). The van der Waals surface area contributed by atoms with Crippen LogP contribution in [0, 0.1) is 0 Å². The summed E-state index contributed by atoms with van der Waals surface area (Å²) in [4.78, 5) is 3.55. The van der Waals surface area contributed by atoms with Crippen LogP contribution in [-0.4, -0.2) is 47.6 Å². The lowest BCUT2D eigenvalue weighted by molar-refractivity contribution is 0.202. The average molecular weight is 375 g/mol. The maximum atomic E-state index is 10.7. The highest BCUT2D eigenvalue weighted by molar-refractivity contribution is 7.17. The molecule has 1 aromatic carbocycles. The van der Waals surface area contributed by atoms with Crippen LogP contribution in [0.2, 0.25) is 0 Å². The summed E-state index contributed by atoms with van der Waals surface area (Å²) >= 11 is 1.52. The Morgan fingerprint density at radius 2 is 2.35 bits per heavy atom. The third-order valence-corrected chi connectivity index (χ3v) is 5.90. The number of aromatic hydroxyl groups is 1. The van der Waals surface area contributed by atoms with Crippen LogP contribution in [-0.2, 0) is 0 Å². The molecule has 0 aliphatic carbocycles. The van der Waals surface area contributed by atoms with Gasteiger partial charge < -0.3 is 20.2 Å². The van der Waals surface area contributed by atoms with Gasteiger partial charge in [0.05, 0.1) is 0 Å². The molecule has 0 amide bonds. The first-order valence-electron chi connectivity index (χ1n) is 10.5. The SMILES string of the molecule is [2H]C([2H])([2H])N1C=C(NC2CCCN(CC)C2)N=N[C@@H]1c1ccc2sccc2c1O. The van der Waals surface area contributed by atoms with Crippen molar-refractivity contribution in [2.45, 2.75) is 32.0 Å². The van der Waals surface area contributed by atoms with Crippen LogP contribution < -0.4 is 5.32 Å². The lowest BCUT2D eigenvalue weighted by Crippen LogP contribution is -2.45. The van der Waals surface area contributed by atoms with E-state index in [0.717, 1.165) is 37.2 Å². The first kappa shape index (κ1) is 14.0. The number of hydrogen-bond donors (Lipinski definition) is 2. The van der Waals surface area contributed by atoms with Gasteiger partial charge in [0.25, 0.3) is 0 Å². The van der Waals surface area contributed by atoms with Gasteiger partial charge in [-0.05, 0) is 49.5 Å². The average Bonchev–Trinajstić information content (AvgIpc) is 3.18. The van der Waals surface area contributed by atoms with Crippen molar-refractivity contribution < 1.29 is 9.22 Å². The molecule has 2 aromatic rings. The molecule has 138 valence electrons. The third kappa shape index (κ3) is 3.29. The van der Waals surface area contributed by atoms with Crippen molar-refractivity contribution in [2.75, 3.05) is 26.6 Å². The van der Waals surface area contributed by atoms with E-state index in [2.05, 4.69) is 27.4 Å². The molecule has 26 heavy (non-hydrogen) atoms. The van der Waals surface area contributed by atoms with Gasteiger partial charge in [-0.15, -0.1) is 16.5 Å². The smallest absolute Gasteiger partial charge is 0.171 e. The first-order valence-corrected chi connectivity index (χ1v) is 9.84. The van der Waals surface area contributed by atoms with Crippen LogP contribution >= 0.6 is 11.3 Å². The van der Waals surface area contributed by atoms with E-state index in [1.54, 1.807) is 6.07 Å². The number of thiophene rings is 1. The number of benzene rings is 1. The number of nitrogens with zero attached hydrogens (tertiary/aromatic N) is 4. The number of nitrogens with one attached hydrogen (secondary N) is 1. The molecule has 1 aromatic heterocycles. The van der Waals surface area contributed by atoms with Gasteiger partial charge in [0.1, 0.15) is 5.75 Å². The molecule has 0 bridgehead atoms. The molecule has 2 atom stereocenters. The number of phenolic OH excluding ortho intramolecular Hbond substituents is 1. The van der Waals surface area contributed by atoms with E-state index in [-0.39, 0.29) is 11.8 Å². The zero-order valence-corrected chi connectivity index (χ0v) is 15.5. The Labute approximate surface area is 162 Å². The number of piperidine rings is 1. The van der Waals surface area contributed by atoms with E-state index in [1.807, 2.05) is 17.5 Å². The Bertz CT molecular complexity index is 942. The van der Waals surface area contributed by atoms with Gasteiger partial charge in [0.15, 0.2) is 12.0 Å². The number of rotatable bonds is 4. The van der Waals surface area contributed by atoms with E-state index >= 15 is 0 Å². The highest BCUT2D eigenvalue weighted by atomic mass is 32.1. The molecule has 2 aliphatic heterocycles. The Morgan fingerprint density at radius 1 is 1.42 bits per heavy atom. The van der Waals surface area contributed by atoms with Gasteiger partial charge in [-0.25, -0.2) is 0 Å². The van der Waals surface area contributed by atoms with Crippen molar-refractivity contribution in [3.8, 4) is 5.75 Å². The van der Waals surface area contributed by atoms with Crippen molar-refractivity contribution in [1.29, 1.82) is 0 Å². The van der Waals surface area contributed by atoms with Gasteiger partial charge in [0.2, 0.25) is 0 Å². The molecule has 2 aliphatic rings. The summed E-state index contributed by atoms with van der Waals surface area (Å²) in [6.45, 7) is 2.70. The maximum Gasteiger partial charge on any atom is 0.171 e. The Hall–Kier alpha value is -2.12. The molecule has 1 saturated heterocycles. The standard InChI is InChI=1S/C19H25N5OS/c1-3-24-9-4-5-13(11-24)20-17-12-23(2)19(22-21-17)15-6-7-16-14(18(15)25)8-10-26-16/h6-8,10,12-13,19-20,25H,3-5,9,11H2,1-2H3/t13?,19-/m0/s1/i2D3. The third-order valence-electron chi connectivity index (χ3n) is 5.02. The minimum absolute atomic E-state index is 0.0534. The fraction of sp³-hybridized carbons (Fsp3) is 0.474. The Balaban J connectivity index is 1.60.